The van der Waals surface area contributed by atoms with Crippen molar-refractivity contribution in [2.24, 2.45) is 7.05 Å². The number of aromatic nitrogens is 4. The van der Waals surface area contributed by atoms with Gasteiger partial charge in [0.05, 0.1) is 16.6 Å². The van der Waals surface area contributed by atoms with E-state index in [0.29, 0.717) is 0 Å². The van der Waals surface area contributed by atoms with Crippen LogP contribution in [0, 0.1) is 0 Å². The Morgan fingerprint density at radius 3 is 2.21 bits per heavy atom. The molecule has 1 N–H and O–H groups in total. The average molecular weight is 491 g/mol. The second-order valence-corrected chi connectivity index (χ2v) is 10.4. The van der Waals surface area contributed by atoms with E-state index < -0.39 is 0 Å². The maximum absolute atomic E-state index is 4.99. The van der Waals surface area contributed by atoms with E-state index in [0.717, 1.165) is 45.7 Å². The molecule has 0 aliphatic carbocycles. The van der Waals surface area contributed by atoms with Gasteiger partial charge in [0.15, 0.2) is 5.16 Å². The molecule has 0 fully saturated rings. The lowest BCUT2D eigenvalue weighted by Crippen LogP contribution is -1.94. The average Bonchev–Trinajstić information content (AvgIpc) is 3.50. The van der Waals surface area contributed by atoms with Crippen molar-refractivity contribution >= 4 is 24.4 Å². The monoisotopic (exact) mass is 490 g/mol. The van der Waals surface area contributed by atoms with Crippen molar-refractivity contribution in [2.75, 3.05) is 5.75 Å². The number of thiol groups is 1. The van der Waals surface area contributed by atoms with E-state index in [-0.39, 0.29) is 5.25 Å². The summed E-state index contributed by atoms with van der Waals surface area (Å²) in [6, 6.07) is 20.9. The summed E-state index contributed by atoms with van der Waals surface area (Å²) in [5.74, 6) is 2.11. The summed E-state index contributed by atoms with van der Waals surface area (Å²) in [5.41, 5.74) is 4.36. The molecular weight excluding hydrogens is 456 g/mol. The van der Waals surface area contributed by atoms with E-state index in [1.165, 1.54) is 38.5 Å². The van der Waals surface area contributed by atoms with Crippen LogP contribution in [0.2, 0.25) is 0 Å². The van der Waals surface area contributed by atoms with Gasteiger partial charge in [-0.05, 0) is 12.8 Å². The van der Waals surface area contributed by atoms with Crippen molar-refractivity contribution in [3.63, 3.8) is 0 Å². The maximum atomic E-state index is 4.99. The quantitative estimate of drug-likeness (QED) is 0.113. The minimum absolute atomic E-state index is 0.120. The summed E-state index contributed by atoms with van der Waals surface area (Å²) in [6.07, 6.45) is 12.5. The number of nitrogens with one attached hydrogen (secondary N) is 1. The zero-order chi connectivity index (χ0) is 23.6. The Morgan fingerprint density at radius 2 is 1.53 bits per heavy atom. The van der Waals surface area contributed by atoms with Crippen LogP contribution in [0.4, 0.5) is 0 Å². The number of hydrogen-bond acceptors (Lipinski definition) is 4. The Kier molecular flexibility index (Phi) is 9.34. The highest BCUT2D eigenvalue weighted by Crippen LogP contribution is 2.34. The lowest BCUT2D eigenvalue weighted by Gasteiger charge is -2.08. The molecule has 0 spiro atoms. The number of hydrogen-bond donors (Lipinski definition) is 2. The van der Waals surface area contributed by atoms with Gasteiger partial charge < -0.3 is 9.55 Å². The van der Waals surface area contributed by atoms with Crippen LogP contribution in [-0.2, 0) is 7.05 Å². The molecule has 6 heteroatoms. The Balaban J connectivity index is 1.23. The maximum Gasteiger partial charge on any atom is 0.167 e. The van der Waals surface area contributed by atoms with Gasteiger partial charge in [0.25, 0.3) is 0 Å². The lowest BCUT2D eigenvalue weighted by atomic mass is 10.1. The molecule has 2 heterocycles. The molecule has 2 aromatic heterocycles. The van der Waals surface area contributed by atoms with Gasteiger partial charge in [0, 0.05) is 36.3 Å². The van der Waals surface area contributed by atoms with Gasteiger partial charge in [-0.2, -0.15) is 12.6 Å². The highest BCUT2D eigenvalue weighted by molar-refractivity contribution is 7.99. The fourth-order valence-electron chi connectivity index (χ4n) is 4.11. The summed E-state index contributed by atoms with van der Waals surface area (Å²) >= 11 is 6.76. The number of rotatable bonds is 13. The first kappa shape index (κ1) is 24.7. The molecule has 0 aliphatic heterocycles. The molecule has 0 saturated heterocycles. The molecule has 34 heavy (non-hydrogen) atoms. The number of H-pyrrole nitrogens is 1. The van der Waals surface area contributed by atoms with Crippen LogP contribution >= 0.6 is 24.4 Å². The van der Waals surface area contributed by atoms with Crippen molar-refractivity contribution in [1.82, 2.24) is 19.5 Å². The largest absolute Gasteiger partial charge is 0.341 e. The number of thioether (sulfide) groups is 1. The third kappa shape index (κ3) is 6.80. The van der Waals surface area contributed by atoms with E-state index in [1.807, 2.05) is 36.3 Å². The predicted octanol–water partition coefficient (Wildman–Crippen LogP) is 7.97. The Labute approximate surface area is 213 Å². The van der Waals surface area contributed by atoms with E-state index in [9.17, 15) is 0 Å². The number of nitrogens with zero attached hydrogens (tertiary/aromatic N) is 3. The SMILES string of the molecule is Cn1ccnc1SCCCCCCCCC(S)c1nc(-c2ccccc2)c(-c2ccccc2)[nH]1. The van der Waals surface area contributed by atoms with E-state index >= 15 is 0 Å². The number of aryl methyl sites for hydroxylation is 1. The molecule has 0 saturated carbocycles. The van der Waals surface area contributed by atoms with Crippen molar-refractivity contribution in [3.8, 4) is 22.5 Å². The van der Waals surface area contributed by atoms with Gasteiger partial charge in [-0.1, -0.05) is 105 Å². The first-order chi connectivity index (χ1) is 16.7. The second-order valence-electron chi connectivity index (χ2n) is 8.67. The summed E-state index contributed by atoms with van der Waals surface area (Å²) in [6.45, 7) is 0. The molecule has 4 rings (SSSR count). The third-order valence-corrected chi connectivity index (χ3v) is 7.67. The molecular formula is C28H34N4S2. The van der Waals surface area contributed by atoms with Crippen molar-refractivity contribution in [1.29, 1.82) is 0 Å². The van der Waals surface area contributed by atoms with Crippen molar-refractivity contribution in [2.45, 2.75) is 55.4 Å². The van der Waals surface area contributed by atoms with Gasteiger partial charge in [0.1, 0.15) is 5.82 Å². The molecule has 1 atom stereocenters. The molecule has 4 nitrogen and oxygen atoms in total. The van der Waals surface area contributed by atoms with Gasteiger partial charge >= 0.3 is 0 Å². The van der Waals surface area contributed by atoms with Crippen molar-refractivity contribution in [3.05, 3.63) is 78.9 Å². The number of aromatic amines is 1. The van der Waals surface area contributed by atoms with Gasteiger partial charge in [0.2, 0.25) is 0 Å². The third-order valence-electron chi connectivity index (χ3n) is 6.03. The van der Waals surface area contributed by atoms with Gasteiger partial charge in [-0.15, -0.1) is 0 Å². The van der Waals surface area contributed by atoms with Crippen LogP contribution in [0.1, 0.15) is 56.0 Å². The fourth-order valence-corrected chi connectivity index (χ4v) is 5.34. The number of unbranched alkanes of at least 4 members (excludes halogenated alkanes) is 5. The second kappa shape index (κ2) is 12.9. The Morgan fingerprint density at radius 1 is 0.882 bits per heavy atom. The number of imidazole rings is 2. The molecule has 1 unspecified atom stereocenters. The summed E-state index contributed by atoms with van der Waals surface area (Å²) < 4.78 is 2.09. The normalized spacial score (nSPS) is 12.2. The topological polar surface area (TPSA) is 46.5 Å². The van der Waals surface area contributed by atoms with Crippen LogP contribution in [0.15, 0.2) is 78.2 Å². The van der Waals surface area contributed by atoms with Crippen LogP contribution in [0.3, 0.4) is 0 Å². The highest BCUT2D eigenvalue weighted by Gasteiger charge is 2.18. The number of benzene rings is 2. The smallest absolute Gasteiger partial charge is 0.167 e. The molecule has 178 valence electrons. The van der Waals surface area contributed by atoms with Crippen LogP contribution in [0.5, 0.6) is 0 Å². The van der Waals surface area contributed by atoms with Crippen LogP contribution in [-0.4, -0.2) is 25.3 Å². The molecule has 0 bridgehead atoms. The van der Waals surface area contributed by atoms with Gasteiger partial charge in [-0.25, -0.2) is 9.97 Å². The minimum Gasteiger partial charge on any atom is -0.341 e. The first-order valence-corrected chi connectivity index (χ1v) is 13.7. The molecule has 0 radical (unpaired) electrons. The zero-order valence-electron chi connectivity index (χ0n) is 19.9. The van der Waals surface area contributed by atoms with Crippen LogP contribution in [0.25, 0.3) is 22.5 Å². The summed E-state index contributed by atoms with van der Waals surface area (Å²) in [7, 11) is 2.05. The minimum atomic E-state index is 0.120. The summed E-state index contributed by atoms with van der Waals surface area (Å²) in [4.78, 5) is 12.9. The van der Waals surface area contributed by atoms with E-state index in [4.69, 9.17) is 17.6 Å². The van der Waals surface area contributed by atoms with E-state index in [2.05, 4.69) is 70.1 Å². The highest BCUT2D eigenvalue weighted by atomic mass is 32.2. The summed E-state index contributed by atoms with van der Waals surface area (Å²) in [5, 5.41) is 1.23. The van der Waals surface area contributed by atoms with Gasteiger partial charge in [-0.3, -0.25) is 0 Å². The van der Waals surface area contributed by atoms with Crippen molar-refractivity contribution < 1.29 is 0 Å². The zero-order valence-corrected chi connectivity index (χ0v) is 21.6. The lowest BCUT2D eigenvalue weighted by molar-refractivity contribution is 0.584. The van der Waals surface area contributed by atoms with Crippen LogP contribution < -0.4 is 0 Å². The molecule has 0 amide bonds. The molecule has 2 aromatic carbocycles. The Bertz CT molecular complexity index is 1060. The predicted molar refractivity (Wildman–Crippen MR) is 147 cm³/mol. The standard InChI is InChI=1S/C28H34N4S2/c1-32-20-19-29-28(32)34-21-13-5-3-2-4-12-18-24(33)27-30-25(22-14-8-6-9-15-22)26(31-27)23-16-10-7-11-17-23/h6-11,14-17,19-20,24,33H,2-5,12-13,18,21H2,1H3,(H,30,31). The first-order valence-electron chi connectivity index (χ1n) is 12.2. The molecule has 0 aliphatic rings. The molecule has 4 aromatic rings. The van der Waals surface area contributed by atoms with E-state index in [1.54, 1.807) is 0 Å². The Hall–Kier alpha value is -2.44. The fraction of sp³-hybridized carbons (Fsp3) is 0.357.